The molecule has 1 atom stereocenters. The number of ether oxygens (including phenoxy) is 3. The largest absolute Gasteiger partial charge is 0.493 e. The molecule has 0 spiro atoms. The van der Waals surface area contributed by atoms with Crippen LogP contribution in [0.5, 0.6) is 11.5 Å². The zero-order chi connectivity index (χ0) is 31.7. The van der Waals surface area contributed by atoms with Crippen LogP contribution >= 0.6 is 27.3 Å². The summed E-state index contributed by atoms with van der Waals surface area (Å²) in [6, 6.07) is 25.3. The average molecular weight is 684 g/mol. The molecule has 228 valence electrons. The molecule has 4 aromatic carbocycles. The molecule has 6 rings (SSSR count). The Morgan fingerprint density at radius 2 is 1.78 bits per heavy atom. The molecule has 0 unspecified atom stereocenters. The number of halogens is 1. The topological polar surface area (TPSA) is 79.1 Å². The van der Waals surface area contributed by atoms with E-state index in [9.17, 15) is 9.59 Å². The van der Waals surface area contributed by atoms with E-state index >= 15 is 0 Å². The minimum absolute atomic E-state index is 0.222. The molecule has 7 nitrogen and oxygen atoms in total. The monoisotopic (exact) mass is 682 g/mol. The van der Waals surface area contributed by atoms with E-state index in [1.165, 1.54) is 16.7 Å². The van der Waals surface area contributed by atoms with E-state index in [0.717, 1.165) is 27.6 Å². The van der Waals surface area contributed by atoms with Crippen molar-refractivity contribution in [3.05, 3.63) is 137 Å². The number of hydrogen-bond donors (Lipinski definition) is 0. The highest BCUT2D eigenvalue weighted by Gasteiger charge is 2.33. The summed E-state index contributed by atoms with van der Waals surface area (Å²) in [6.07, 6.45) is 1.81. The van der Waals surface area contributed by atoms with Gasteiger partial charge < -0.3 is 14.2 Å². The fraction of sp³-hybridized carbons (Fsp3) is 0.194. The lowest BCUT2D eigenvalue weighted by Gasteiger charge is -2.24. The average Bonchev–Trinajstić information content (AvgIpc) is 3.33. The lowest BCUT2D eigenvalue weighted by Crippen LogP contribution is -2.39. The summed E-state index contributed by atoms with van der Waals surface area (Å²) in [5.41, 5.74) is 4.31. The molecule has 0 saturated carbocycles. The number of aromatic nitrogens is 1. The van der Waals surface area contributed by atoms with Crippen LogP contribution in [0.4, 0.5) is 0 Å². The van der Waals surface area contributed by atoms with Crippen LogP contribution in [-0.2, 0) is 16.1 Å². The SMILES string of the molecule is CCOC(=O)C1=C(C)N=c2s/c(=C/c3cc(Br)c(OCc4ccc5ccccc5c4)c(OC)c3)c(=O)n2[C@@H]1c1ccc(C)cc1. The van der Waals surface area contributed by atoms with Crippen LogP contribution in [0.25, 0.3) is 16.8 Å². The number of carbonyl (C=O) groups excluding carboxylic acids is 1. The molecule has 1 aromatic heterocycles. The van der Waals surface area contributed by atoms with Crippen molar-refractivity contribution in [3.63, 3.8) is 0 Å². The molecule has 0 bridgehead atoms. The third-order valence-electron chi connectivity index (χ3n) is 7.66. The molecule has 5 aromatic rings. The van der Waals surface area contributed by atoms with Gasteiger partial charge in [0.05, 0.1) is 40.0 Å². The van der Waals surface area contributed by atoms with E-state index in [1.807, 2.05) is 55.5 Å². The van der Waals surface area contributed by atoms with E-state index in [2.05, 4.69) is 51.3 Å². The molecule has 0 saturated heterocycles. The highest BCUT2D eigenvalue weighted by atomic mass is 79.9. The van der Waals surface area contributed by atoms with Crippen LogP contribution in [0.15, 0.2) is 104 Å². The molecule has 0 fully saturated rings. The van der Waals surface area contributed by atoms with Crippen LogP contribution < -0.4 is 24.4 Å². The Balaban J connectivity index is 1.37. The van der Waals surface area contributed by atoms with Crippen molar-refractivity contribution < 1.29 is 19.0 Å². The molecule has 45 heavy (non-hydrogen) atoms. The number of aryl methyl sites for hydroxylation is 1. The van der Waals surface area contributed by atoms with Gasteiger partial charge in [-0.05, 0) is 88.4 Å². The number of thiazole rings is 1. The van der Waals surface area contributed by atoms with Gasteiger partial charge in [0.2, 0.25) is 0 Å². The maximum Gasteiger partial charge on any atom is 0.338 e. The number of nitrogens with zero attached hydrogens (tertiary/aromatic N) is 2. The van der Waals surface area contributed by atoms with Crippen molar-refractivity contribution in [2.24, 2.45) is 4.99 Å². The van der Waals surface area contributed by atoms with Gasteiger partial charge in [-0.2, -0.15) is 0 Å². The lowest BCUT2D eigenvalue weighted by atomic mass is 9.95. The minimum Gasteiger partial charge on any atom is -0.493 e. The molecule has 9 heteroatoms. The smallest absolute Gasteiger partial charge is 0.338 e. The van der Waals surface area contributed by atoms with Crippen LogP contribution in [-0.4, -0.2) is 24.3 Å². The number of carbonyl (C=O) groups is 1. The molecule has 1 aliphatic rings. The summed E-state index contributed by atoms with van der Waals surface area (Å²) in [5, 5.41) is 2.32. The second-order valence-corrected chi connectivity index (χ2v) is 12.6. The Hall–Kier alpha value is -4.47. The Morgan fingerprint density at radius 1 is 1.02 bits per heavy atom. The number of methoxy groups -OCH3 is 1. The molecular formula is C36H31BrN2O5S. The molecule has 2 heterocycles. The summed E-state index contributed by atoms with van der Waals surface area (Å²) < 4.78 is 20.1. The van der Waals surface area contributed by atoms with Crippen molar-refractivity contribution in [2.75, 3.05) is 13.7 Å². The molecule has 0 amide bonds. The van der Waals surface area contributed by atoms with Gasteiger partial charge in [0.25, 0.3) is 5.56 Å². The number of esters is 1. The van der Waals surface area contributed by atoms with Crippen molar-refractivity contribution >= 4 is 50.1 Å². The van der Waals surface area contributed by atoms with E-state index in [4.69, 9.17) is 14.2 Å². The van der Waals surface area contributed by atoms with Crippen molar-refractivity contribution in [1.82, 2.24) is 4.57 Å². The van der Waals surface area contributed by atoms with E-state index in [0.29, 0.717) is 43.2 Å². The zero-order valence-electron chi connectivity index (χ0n) is 25.3. The number of allylic oxidation sites excluding steroid dienone is 1. The van der Waals surface area contributed by atoms with Gasteiger partial charge in [-0.15, -0.1) is 0 Å². The Kier molecular flexibility index (Phi) is 8.74. The van der Waals surface area contributed by atoms with Crippen LogP contribution in [0.3, 0.4) is 0 Å². The summed E-state index contributed by atoms with van der Waals surface area (Å²) in [5.74, 6) is 0.618. The zero-order valence-corrected chi connectivity index (χ0v) is 27.7. The third-order valence-corrected chi connectivity index (χ3v) is 9.23. The number of benzene rings is 4. The minimum atomic E-state index is -0.657. The summed E-state index contributed by atoms with van der Waals surface area (Å²) in [7, 11) is 1.59. The highest BCUT2D eigenvalue weighted by molar-refractivity contribution is 9.10. The second-order valence-electron chi connectivity index (χ2n) is 10.7. The fourth-order valence-corrected chi connectivity index (χ4v) is 7.08. The van der Waals surface area contributed by atoms with Gasteiger partial charge in [-0.1, -0.05) is 77.6 Å². The highest BCUT2D eigenvalue weighted by Crippen LogP contribution is 2.38. The van der Waals surface area contributed by atoms with Crippen LogP contribution in [0.2, 0.25) is 0 Å². The molecule has 0 radical (unpaired) electrons. The van der Waals surface area contributed by atoms with E-state index in [-0.39, 0.29) is 12.2 Å². The maximum absolute atomic E-state index is 14.0. The first-order valence-corrected chi connectivity index (χ1v) is 16.1. The van der Waals surface area contributed by atoms with Crippen molar-refractivity contribution in [2.45, 2.75) is 33.4 Å². The maximum atomic E-state index is 14.0. The summed E-state index contributed by atoms with van der Waals surface area (Å²) in [4.78, 5) is 32.3. The molecular weight excluding hydrogens is 652 g/mol. The number of rotatable bonds is 8. The lowest BCUT2D eigenvalue weighted by molar-refractivity contribution is -0.139. The molecule has 1 aliphatic heterocycles. The van der Waals surface area contributed by atoms with Crippen molar-refractivity contribution in [1.29, 1.82) is 0 Å². The Morgan fingerprint density at radius 3 is 2.51 bits per heavy atom. The first-order chi connectivity index (χ1) is 21.8. The molecule has 0 N–H and O–H groups in total. The van der Waals surface area contributed by atoms with Gasteiger partial charge in [0.1, 0.15) is 6.61 Å². The number of hydrogen-bond acceptors (Lipinski definition) is 7. The fourth-order valence-electron chi connectivity index (χ4n) is 5.45. The van der Waals surface area contributed by atoms with Crippen molar-refractivity contribution in [3.8, 4) is 11.5 Å². The predicted octanol–water partition coefficient (Wildman–Crippen LogP) is 6.61. The molecule has 0 aliphatic carbocycles. The summed E-state index contributed by atoms with van der Waals surface area (Å²) >= 11 is 4.93. The number of fused-ring (bicyclic) bond motifs is 2. The first kappa shape index (κ1) is 30.6. The Labute approximate surface area is 272 Å². The van der Waals surface area contributed by atoms with E-state index < -0.39 is 12.0 Å². The van der Waals surface area contributed by atoms with Crippen LogP contribution in [0, 0.1) is 6.92 Å². The second kappa shape index (κ2) is 12.9. The predicted molar refractivity (Wildman–Crippen MR) is 181 cm³/mol. The van der Waals surface area contributed by atoms with E-state index in [1.54, 1.807) is 31.6 Å². The van der Waals surface area contributed by atoms with Gasteiger partial charge >= 0.3 is 5.97 Å². The van der Waals surface area contributed by atoms with Gasteiger partial charge in [-0.25, -0.2) is 9.79 Å². The van der Waals surface area contributed by atoms with Gasteiger partial charge in [0, 0.05) is 0 Å². The first-order valence-electron chi connectivity index (χ1n) is 14.5. The van der Waals surface area contributed by atoms with Crippen LogP contribution in [0.1, 0.15) is 42.1 Å². The normalized spacial score (nSPS) is 14.7. The third kappa shape index (κ3) is 6.10. The quantitative estimate of drug-likeness (QED) is 0.172. The van der Waals surface area contributed by atoms with Gasteiger partial charge in [-0.3, -0.25) is 9.36 Å². The standard InChI is InChI=1S/C36H31BrN2O5S/c1-5-43-35(41)31-22(3)38-36-39(32(31)26-13-10-21(2)11-14-26)34(40)30(45-36)19-24-17-28(37)33(29(18-24)42-4)44-20-23-12-15-25-8-6-7-9-27(25)16-23/h6-19,32H,5,20H2,1-4H3/b30-19+/t32-/m1/s1. The Bertz CT molecular complexity index is 2150. The summed E-state index contributed by atoms with van der Waals surface area (Å²) in [6.45, 7) is 6.12. The van der Waals surface area contributed by atoms with Gasteiger partial charge in [0.15, 0.2) is 16.3 Å².